The van der Waals surface area contributed by atoms with Crippen molar-refractivity contribution >= 4 is 22.6 Å². The Balaban J connectivity index is 1.62. The number of aromatic nitrogens is 3. The predicted octanol–water partition coefficient (Wildman–Crippen LogP) is 2.05. The fourth-order valence-corrected chi connectivity index (χ4v) is 3.50. The lowest BCUT2D eigenvalue weighted by Gasteiger charge is -2.15. The van der Waals surface area contributed by atoms with E-state index in [1.165, 1.54) is 0 Å². The van der Waals surface area contributed by atoms with E-state index in [-0.39, 0.29) is 11.5 Å². The van der Waals surface area contributed by atoms with Gasteiger partial charge in [-0.3, -0.25) is 14.2 Å². The lowest BCUT2D eigenvalue weighted by Crippen LogP contribution is -2.28. The second-order valence-electron chi connectivity index (χ2n) is 6.26. The number of carbonyl (C=O) groups is 1. The Morgan fingerprint density at radius 1 is 1.12 bits per heavy atom. The van der Waals surface area contributed by atoms with Crippen LogP contribution in [0.5, 0.6) is 0 Å². The Bertz CT molecular complexity index is 950. The van der Waals surface area contributed by atoms with Crippen LogP contribution < -0.4 is 5.56 Å². The van der Waals surface area contributed by atoms with Gasteiger partial charge < -0.3 is 9.30 Å². The number of aryl methyl sites for hydroxylation is 1. The highest BCUT2D eigenvalue weighted by Crippen LogP contribution is 2.14. The molecule has 1 aliphatic heterocycles. The predicted molar refractivity (Wildman–Crippen MR) is 92.0 cm³/mol. The van der Waals surface area contributed by atoms with Crippen molar-refractivity contribution in [1.82, 2.24) is 18.9 Å². The van der Waals surface area contributed by atoms with Gasteiger partial charge in [0, 0.05) is 38.4 Å². The quantitative estimate of drug-likeness (QED) is 0.738. The molecule has 0 N–H and O–H groups in total. The largest absolute Gasteiger partial charge is 0.343 e. The van der Waals surface area contributed by atoms with Gasteiger partial charge in [0.25, 0.3) is 5.56 Å². The Morgan fingerprint density at radius 2 is 1.92 bits per heavy atom. The first-order valence-corrected chi connectivity index (χ1v) is 8.48. The first kappa shape index (κ1) is 14.9. The lowest BCUT2D eigenvalue weighted by atomic mass is 10.2. The van der Waals surface area contributed by atoms with Crippen molar-refractivity contribution in [3.05, 3.63) is 47.0 Å². The van der Waals surface area contributed by atoms with E-state index in [0.717, 1.165) is 31.4 Å². The van der Waals surface area contributed by atoms with Crippen LogP contribution in [0.1, 0.15) is 25.7 Å². The maximum atomic E-state index is 12.7. The van der Waals surface area contributed by atoms with Crippen LogP contribution in [0.4, 0.5) is 0 Å². The third-order valence-corrected chi connectivity index (χ3v) is 4.73. The van der Waals surface area contributed by atoms with Gasteiger partial charge in [0.15, 0.2) is 5.65 Å². The third-order valence-electron chi connectivity index (χ3n) is 4.73. The molecule has 0 saturated carbocycles. The van der Waals surface area contributed by atoms with Gasteiger partial charge in [0.05, 0.1) is 5.52 Å². The molecule has 1 aliphatic rings. The summed E-state index contributed by atoms with van der Waals surface area (Å²) < 4.78 is 3.57. The van der Waals surface area contributed by atoms with Crippen molar-refractivity contribution in [2.24, 2.45) is 0 Å². The molecule has 0 bridgehead atoms. The van der Waals surface area contributed by atoms with Gasteiger partial charge in [-0.15, -0.1) is 0 Å². The van der Waals surface area contributed by atoms with Crippen LogP contribution in [0.15, 0.2) is 41.5 Å². The average Bonchev–Trinajstić information content (AvgIpc) is 3.29. The summed E-state index contributed by atoms with van der Waals surface area (Å²) in [5, 5.41) is 0. The number of hydrogen-bond donors (Lipinski definition) is 0. The summed E-state index contributed by atoms with van der Waals surface area (Å²) in [6.07, 6.45) is 6.91. The van der Waals surface area contributed by atoms with Gasteiger partial charge in [0.2, 0.25) is 5.91 Å². The Morgan fingerprint density at radius 3 is 2.75 bits per heavy atom. The van der Waals surface area contributed by atoms with Gasteiger partial charge >= 0.3 is 0 Å². The molecule has 0 radical (unpaired) electrons. The molecule has 124 valence electrons. The summed E-state index contributed by atoms with van der Waals surface area (Å²) >= 11 is 0. The van der Waals surface area contributed by atoms with Crippen molar-refractivity contribution in [3.8, 4) is 0 Å². The topological polar surface area (TPSA) is 59.6 Å². The van der Waals surface area contributed by atoms with Crippen LogP contribution in [0.2, 0.25) is 0 Å². The smallest absolute Gasteiger partial charge is 0.276 e. The van der Waals surface area contributed by atoms with E-state index in [0.29, 0.717) is 30.6 Å². The van der Waals surface area contributed by atoms with Crippen molar-refractivity contribution in [3.63, 3.8) is 0 Å². The maximum absolute atomic E-state index is 12.7. The van der Waals surface area contributed by atoms with Crippen LogP contribution in [0.25, 0.3) is 16.7 Å². The number of fused-ring (bicyclic) bond motifs is 3. The molecule has 0 aliphatic carbocycles. The van der Waals surface area contributed by atoms with Crippen molar-refractivity contribution in [1.29, 1.82) is 0 Å². The number of pyridine rings is 1. The van der Waals surface area contributed by atoms with E-state index in [4.69, 9.17) is 0 Å². The number of amides is 1. The summed E-state index contributed by atoms with van der Waals surface area (Å²) in [6, 6.07) is 7.51. The Labute approximate surface area is 139 Å². The normalized spacial score (nSPS) is 14.8. The highest BCUT2D eigenvalue weighted by molar-refractivity contribution is 5.77. The van der Waals surface area contributed by atoms with E-state index >= 15 is 0 Å². The molecule has 0 unspecified atom stereocenters. The molecule has 3 aromatic rings. The molecule has 6 heteroatoms. The summed E-state index contributed by atoms with van der Waals surface area (Å²) in [5.41, 5.74) is 2.16. The lowest BCUT2D eigenvalue weighted by molar-refractivity contribution is -0.130. The van der Waals surface area contributed by atoms with Crippen LogP contribution in [-0.2, 0) is 11.3 Å². The van der Waals surface area contributed by atoms with Crippen molar-refractivity contribution < 1.29 is 4.79 Å². The number of likely N-dealkylation sites (tertiary alicyclic amines) is 1. The second kappa shape index (κ2) is 6.11. The molecule has 1 amide bonds. The SMILES string of the molecule is O=C(CCCn1c(=O)c2cccn2c2cccnc21)N1CCCC1. The number of carbonyl (C=O) groups excluding carboxylic acids is 1. The number of rotatable bonds is 4. The molecule has 4 heterocycles. The van der Waals surface area contributed by atoms with E-state index in [1.54, 1.807) is 10.8 Å². The van der Waals surface area contributed by atoms with E-state index in [9.17, 15) is 9.59 Å². The first-order valence-electron chi connectivity index (χ1n) is 8.48. The van der Waals surface area contributed by atoms with Gasteiger partial charge in [0.1, 0.15) is 5.52 Å². The summed E-state index contributed by atoms with van der Waals surface area (Å²) in [5.74, 6) is 0.196. The Kier molecular flexibility index (Phi) is 3.80. The standard InChI is InChI=1S/C18H20N4O2/c23-16(20-10-1-2-11-20)8-5-13-22-17-14(6-3-9-19-17)21-12-4-7-15(21)18(22)24/h3-4,6-7,9,12H,1-2,5,8,10-11,13H2. The minimum Gasteiger partial charge on any atom is -0.343 e. The van der Waals surface area contributed by atoms with Gasteiger partial charge in [-0.1, -0.05) is 0 Å². The summed E-state index contributed by atoms with van der Waals surface area (Å²) in [6.45, 7) is 2.26. The Hall–Kier alpha value is -2.63. The zero-order valence-corrected chi connectivity index (χ0v) is 13.5. The number of nitrogens with zero attached hydrogens (tertiary/aromatic N) is 4. The molecule has 0 spiro atoms. The van der Waals surface area contributed by atoms with E-state index < -0.39 is 0 Å². The zero-order chi connectivity index (χ0) is 16.5. The van der Waals surface area contributed by atoms with Gasteiger partial charge in [-0.05, 0) is 43.5 Å². The zero-order valence-electron chi connectivity index (χ0n) is 13.5. The van der Waals surface area contributed by atoms with Crippen LogP contribution in [0, 0.1) is 0 Å². The molecule has 0 aromatic carbocycles. The average molecular weight is 324 g/mol. The minimum atomic E-state index is -0.0557. The fourth-order valence-electron chi connectivity index (χ4n) is 3.50. The molecule has 3 aromatic heterocycles. The van der Waals surface area contributed by atoms with E-state index in [2.05, 4.69) is 4.98 Å². The van der Waals surface area contributed by atoms with Crippen LogP contribution in [-0.4, -0.2) is 37.8 Å². The molecule has 6 nitrogen and oxygen atoms in total. The monoisotopic (exact) mass is 324 g/mol. The van der Waals surface area contributed by atoms with Crippen molar-refractivity contribution in [2.45, 2.75) is 32.2 Å². The summed E-state index contributed by atoms with van der Waals surface area (Å²) in [7, 11) is 0. The van der Waals surface area contributed by atoms with Crippen LogP contribution >= 0.6 is 0 Å². The van der Waals surface area contributed by atoms with Crippen LogP contribution in [0.3, 0.4) is 0 Å². The minimum absolute atomic E-state index is 0.0557. The number of hydrogen-bond acceptors (Lipinski definition) is 3. The summed E-state index contributed by atoms with van der Waals surface area (Å²) in [4.78, 5) is 31.2. The molecule has 0 atom stereocenters. The van der Waals surface area contributed by atoms with Gasteiger partial charge in [-0.2, -0.15) is 0 Å². The highest BCUT2D eigenvalue weighted by Gasteiger charge is 2.18. The maximum Gasteiger partial charge on any atom is 0.276 e. The highest BCUT2D eigenvalue weighted by atomic mass is 16.2. The first-order chi connectivity index (χ1) is 11.8. The fraction of sp³-hybridized carbons (Fsp3) is 0.389. The van der Waals surface area contributed by atoms with Gasteiger partial charge in [-0.25, -0.2) is 4.98 Å². The molecule has 1 saturated heterocycles. The van der Waals surface area contributed by atoms with Crippen molar-refractivity contribution in [2.75, 3.05) is 13.1 Å². The molecule has 1 fully saturated rings. The molecule has 4 rings (SSSR count). The molecular weight excluding hydrogens is 304 g/mol. The van der Waals surface area contributed by atoms with E-state index in [1.807, 2.05) is 39.8 Å². The third kappa shape index (κ3) is 2.48. The second-order valence-corrected chi connectivity index (χ2v) is 6.26. The molecular formula is C18H20N4O2. The molecule has 24 heavy (non-hydrogen) atoms.